The molecule has 2 saturated carbocycles. The van der Waals surface area contributed by atoms with E-state index in [1.54, 1.807) is 0 Å². The van der Waals surface area contributed by atoms with Gasteiger partial charge in [-0.1, -0.05) is 0 Å². The fraction of sp³-hybridized carbons (Fsp3) is 0.714. The minimum Gasteiger partial charge on any atom is -0.396 e. The molecule has 0 amide bonds. The zero-order valence-electron chi connectivity index (χ0n) is 25.3. The second-order valence-corrected chi connectivity index (χ2v) is 12.3. The maximum atomic E-state index is 11.3. The number of hydrogen-bond acceptors (Lipinski definition) is 14. The van der Waals surface area contributed by atoms with Crippen molar-refractivity contribution >= 4 is 40.6 Å². The fourth-order valence-corrected chi connectivity index (χ4v) is 6.09. The van der Waals surface area contributed by atoms with Crippen molar-refractivity contribution in [3.05, 3.63) is 37.9 Å². The van der Waals surface area contributed by atoms with E-state index in [0.717, 1.165) is 70.4 Å². The van der Waals surface area contributed by atoms with E-state index in [-0.39, 0.29) is 65.7 Å². The molecule has 2 atom stereocenters. The first-order valence-corrected chi connectivity index (χ1v) is 15.8. The summed E-state index contributed by atoms with van der Waals surface area (Å²) in [7, 11) is 0. The first-order chi connectivity index (χ1) is 21.6. The van der Waals surface area contributed by atoms with Gasteiger partial charge in [0, 0.05) is 37.9 Å². The van der Waals surface area contributed by atoms with Crippen LogP contribution in [0.3, 0.4) is 0 Å². The second-order valence-electron chi connectivity index (χ2n) is 12.0. The summed E-state index contributed by atoms with van der Waals surface area (Å²) < 4.78 is 5.54. The minimum atomic E-state index is -0.530. The number of halogens is 1. The SMILES string of the molecule is C[C@@H]1C[C@H](Nc2ncc([N+](=O)[O-])c(NC3CCC(CO)CC3)n2)CCO1.O=[N+]([O-])c1cnc(Cl)nc1NC1CCC(CO)CC1. The molecule has 45 heavy (non-hydrogen) atoms. The standard InChI is InChI=1S/C17H27N5O4.C11H15ClN4O3/c1-11-8-14(6-7-26-11)20-17-18-9-15(22(24)25)16(21-17)19-13-4-2-12(10-23)3-5-13;12-11-13-5-9(16(18)19)10(15-11)14-8-3-1-7(6-17)2-4-8/h9,11-14,23H,2-8,10H2,1H3,(H2,18,19,20,21);5,7-8,17H,1-4,6H2,(H,13,14,15)/t11-,12?,13?,14-;/m1./s1. The Bertz CT molecular complexity index is 1280. The first-order valence-electron chi connectivity index (χ1n) is 15.5. The summed E-state index contributed by atoms with van der Waals surface area (Å²) in [5, 5.41) is 50.1. The van der Waals surface area contributed by atoms with Gasteiger partial charge >= 0.3 is 11.4 Å². The lowest BCUT2D eigenvalue weighted by Gasteiger charge is -2.29. The van der Waals surface area contributed by atoms with Crippen LogP contribution in [0, 0.1) is 32.1 Å². The molecule has 16 nitrogen and oxygen atoms in total. The number of nitrogens with zero attached hydrogens (tertiary/aromatic N) is 6. The van der Waals surface area contributed by atoms with Crippen LogP contribution in [-0.4, -0.2) is 84.0 Å². The smallest absolute Gasteiger partial charge is 0.329 e. The molecule has 3 aliphatic rings. The molecular formula is C28H42ClN9O7. The predicted molar refractivity (Wildman–Crippen MR) is 167 cm³/mol. The van der Waals surface area contributed by atoms with E-state index in [9.17, 15) is 25.3 Å². The lowest BCUT2D eigenvalue weighted by Crippen LogP contribution is -2.33. The molecule has 1 saturated heterocycles. The van der Waals surface area contributed by atoms with Crippen molar-refractivity contribution in [3.63, 3.8) is 0 Å². The molecule has 0 unspecified atom stereocenters. The molecule has 2 aliphatic carbocycles. The maximum Gasteiger partial charge on any atom is 0.329 e. The number of aromatic nitrogens is 4. The number of aliphatic hydroxyl groups is 2. The van der Waals surface area contributed by atoms with Gasteiger partial charge in [-0.25, -0.2) is 9.97 Å². The normalized spacial score (nSPS) is 26.6. The summed E-state index contributed by atoms with van der Waals surface area (Å²) in [6.07, 6.45) is 11.3. The van der Waals surface area contributed by atoms with E-state index in [2.05, 4.69) is 35.9 Å². The number of ether oxygens (including phenoxy) is 1. The molecule has 0 spiro atoms. The van der Waals surface area contributed by atoms with Crippen molar-refractivity contribution < 1.29 is 24.8 Å². The van der Waals surface area contributed by atoms with E-state index in [0.29, 0.717) is 24.4 Å². The van der Waals surface area contributed by atoms with Gasteiger partial charge in [0.05, 0.1) is 16.0 Å². The van der Waals surface area contributed by atoms with Gasteiger partial charge in [-0.3, -0.25) is 20.2 Å². The largest absolute Gasteiger partial charge is 0.396 e. The van der Waals surface area contributed by atoms with Crippen LogP contribution in [0.15, 0.2) is 12.4 Å². The summed E-state index contributed by atoms with van der Waals surface area (Å²) in [6.45, 7) is 3.12. The van der Waals surface area contributed by atoms with Gasteiger partial charge in [0.25, 0.3) is 0 Å². The minimum absolute atomic E-state index is 0.0165. The Labute approximate surface area is 266 Å². The molecule has 1 aliphatic heterocycles. The third-order valence-corrected chi connectivity index (χ3v) is 8.79. The quantitative estimate of drug-likeness (QED) is 0.137. The summed E-state index contributed by atoms with van der Waals surface area (Å²) >= 11 is 5.67. The maximum absolute atomic E-state index is 11.3. The summed E-state index contributed by atoms with van der Waals surface area (Å²) in [6, 6.07) is 0.447. The second kappa shape index (κ2) is 16.7. The van der Waals surface area contributed by atoms with Gasteiger partial charge in [0.1, 0.15) is 12.4 Å². The van der Waals surface area contributed by atoms with Crippen LogP contribution < -0.4 is 16.0 Å². The number of hydrogen-bond donors (Lipinski definition) is 5. The summed E-state index contributed by atoms with van der Waals surface area (Å²) in [4.78, 5) is 37.2. The monoisotopic (exact) mass is 651 g/mol. The summed E-state index contributed by atoms with van der Waals surface area (Å²) in [5.74, 6) is 1.50. The van der Waals surface area contributed by atoms with Gasteiger partial charge in [-0.15, -0.1) is 0 Å². The highest BCUT2D eigenvalue weighted by Gasteiger charge is 2.27. The van der Waals surface area contributed by atoms with Gasteiger partial charge < -0.3 is 30.9 Å². The van der Waals surface area contributed by atoms with Crippen molar-refractivity contribution in [2.24, 2.45) is 11.8 Å². The lowest BCUT2D eigenvalue weighted by molar-refractivity contribution is -0.384. The van der Waals surface area contributed by atoms with Crippen LogP contribution in [0.1, 0.15) is 71.1 Å². The molecule has 3 heterocycles. The average Bonchev–Trinajstić information content (AvgIpc) is 3.02. The molecule has 0 aromatic carbocycles. The van der Waals surface area contributed by atoms with E-state index >= 15 is 0 Å². The Morgan fingerprint density at radius 3 is 1.80 bits per heavy atom. The number of nitrogens with one attached hydrogen (secondary N) is 3. The van der Waals surface area contributed by atoms with Gasteiger partial charge in [0.2, 0.25) is 22.9 Å². The van der Waals surface area contributed by atoms with Crippen LogP contribution in [-0.2, 0) is 4.74 Å². The number of anilines is 3. The zero-order valence-corrected chi connectivity index (χ0v) is 26.1. The van der Waals surface area contributed by atoms with Crippen molar-refractivity contribution in [3.8, 4) is 0 Å². The van der Waals surface area contributed by atoms with Gasteiger partial charge in [-0.2, -0.15) is 9.97 Å². The van der Waals surface area contributed by atoms with Crippen LogP contribution in [0.4, 0.5) is 29.0 Å². The fourth-order valence-electron chi connectivity index (χ4n) is 5.96. The molecule has 0 radical (unpaired) electrons. The van der Waals surface area contributed by atoms with Crippen molar-refractivity contribution in [1.29, 1.82) is 0 Å². The third kappa shape index (κ3) is 10.3. The van der Waals surface area contributed by atoms with E-state index in [1.165, 1.54) is 6.20 Å². The highest BCUT2D eigenvalue weighted by molar-refractivity contribution is 6.28. The molecular weight excluding hydrogens is 610 g/mol. The Morgan fingerprint density at radius 1 is 0.800 bits per heavy atom. The molecule has 3 fully saturated rings. The zero-order chi connectivity index (χ0) is 32.3. The molecule has 17 heteroatoms. The van der Waals surface area contributed by atoms with Crippen molar-refractivity contribution in [1.82, 2.24) is 19.9 Å². The number of aliphatic hydroxyl groups excluding tert-OH is 2. The predicted octanol–water partition coefficient (Wildman–Crippen LogP) is 4.33. The molecule has 0 bridgehead atoms. The van der Waals surface area contributed by atoms with E-state index < -0.39 is 9.85 Å². The van der Waals surface area contributed by atoms with E-state index in [1.807, 2.05) is 6.92 Å². The van der Waals surface area contributed by atoms with E-state index in [4.69, 9.17) is 21.4 Å². The van der Waals surface area contributed by atoms with Gasteiger partial charge in [0.15, 0.2) is 0 Å². The van der Waals surface area contributed by atoms with Crippen LogP contribution in [0.25, 0.3) is 0 Å². The van der Waals surface area contributed by atoms with Gasteiger partial charge in [-0.05, 0) is 94.6 Å². The first kappa shape index (κ1) is 34.4. The average molecular weight is 652 g/mol. The Hall–Kier alpha value is -3.47. The Balaban J connectivity index is 0.000000215. The Kier molecular flexibility index (Phi) is 12.8. The Morgan fingerprint density at radius 2 is 1.31 bits per heavy atom. The van der Waals surface area contributed by atoms with Crippen molar-refractivity contribution in [2.45, 2.75) is 95.4 Å². The van der Waals surface area contributed by atoms with Crippen LogP contribution in [0.2, 0.25) is 5.28 Å². The molecule has 5 N–H and O–H groups in total. The summed E-state index contributed by atoms with van der Waals surface area (Å²) in [5.41, 5.74) is -0.283. The molecule has 2 aromatic rings. The lowest BCUT2D eigenvalue weighted by atomic mass is 9.86. The van der Waals surface area contributed by atoms with Crippen molar-refractivity contribution in [2.75, 3.05) is 35.8 Å². The molecule has 248 valence electrons. The molecule has 5 rings (SSSR count). The number of nitro groups is 2. The highest BCUT2D eigenvalue weighted by Crippen LogP contribution is 2.31. The topological polar surface area (TPSA) is 224 Å². The molecule has 2 aromatic heterocycles. The van der Waals surface area contributed by atoms with Crippen LogP contribution >= 0.6 is 11.6 Å². The van der Waals surface area contributed by atoms with Crippen LogP contribution in [0.5, 0.6) is 0 Å². The highest BCUT2D eigenvalue weighted by atomic mass is 35.5. The third-order valence-electron chi connectivity index (χ3n) is 8.61. The number of rotatable bonds is 10.